The number of rotatable bonds is 3. The summed E-state index contributed by atoms with van der Waals surface area (Å²) in [5.74, 6) is -0.145. The number of fused-ring (bicyclic) bond motifs is 1. The second kappa shape index (κ2) is 5.91. The molecule has 0 aromatic carbocycles. The fourth-order valence-electron chi connectivity index (χ4n) is 2.26. The topological polar surface area (TPSA) is 56.2 Å². The van der Waals surface area contributed by atoms with Gasteiger partial charge in [0.2, 0.25) is 5.91 Å². The van der Waals surface area contributed by atoms with E-state index in [1.165, 1.54) is 4.68 Å². The molecule has 1 amide bonds. The zero-order valence-corrected chi connectivity index (χ0v) is 12.9. The van der Waals surface area contributed by atoms with Crippen molar-refractivity contribution in [2.45, 2.75) is 46.5 Å². The van der Waals surface area contributed by atoms with Crippen LogP contribution in [-0.4, -0.2) is 28.8 Å². The molecule has 2 heterocycles. The molecule has 1 aliphatic rings. The lowest BCUT2D eigenvalue weighted by molar-refractivity contribution is -0.142. The summed E-state index contributed by atoms with van der Waals surface area (Å²) in [6, 6.07) is 0. The maximum Gasteiger partial charge on any atom is 0.435 e. The largest absolute Gasteiger partial charge is 0.435 e. The van der Waals surface area contributed by atoms with Crippen molar-refractivity contribution in [1.29, 1.82) is 0 Å². The molecule has 1 aliphatic heterocycles. The zero-order chi connectivity index (χ0) is 16.5. The van der Waals surface area contributed by atoms with E-state index in [0.29, 0.717) is 18.7 Å². The normalized spacial score (nSPS) is 15.5. The summed E-state index contributed by atoms with van der Waals surface area (Å²) in [6.45, 7) is 6.08. The summed E-state index contributed by atoms with van der Waals surface area (Å²) in [5.41, 5.74) is -0.761. The quantitative estimate of drug-likeness (QED) is 0.928. The SMILES string of the molecule is CC(C)(C)C(=O)NCCn1nc(C(F)(F)F)c2c1CCOC2. The molecular formula is C14H20F3N3O2. The first-order valence-corrected chi connectivity index (χ1v) is 7.12. The number of carbonyl (C=O) groups is 1. The van der Waals surface area contributed by atoms with Crippen LogP contribution in [0.5, 0.6) is 0 Å². The van der Waals surface area contributed by atoms with Gasteiger partial charge in [0.05, 0.1) is 19.8 Å². The Balaban J connectivity index is 2.12. The molecule has 22 heavy (non-hydrogen) atoms. The zero-order valence-electron chi connectivity index (χ0n) is 12.9. The lowest BCUT2D eigenvalue weighted by Gasteiger charge is -2.18. The Labute approximate surface area is 126 Å². The molecule has 5 nitrogen and oxygen atoms in total. The highest BCUT2D eigenvalue weighted by atomic mass is 19.4. The molecule has 0 unspecified atom stereocenters. The number of hydrogen-bond acceptors (Lipinski definition) is 3. The Bertz CT molecular complexity index is 559. The maximum atomic E-state index is 13.0. The van der Waals surface area contributed by atoms with Gasteiger partial charge in [0.25, 0.3) is 0 Å². The fraction of sp³-hybridized carbons (Fsp3) is 0.714. The van der Waals surface area contributed by atoms with E-state index in [9.17, 15) is 18.0 Å². The van der Waals surface area contributed by atoms with Crippen molar-refractivity contribution in [1.82, 2.24) is 15.1 Å². The molecule has 0 aliphatic carbocycles. The van der Waals surface area contributed by atoms with E-state index in [1.807, 2.05) is 0 Å². The van der Waals surface area contributed by atoms with Crippen LogP contribution < -0.4 is 5.32 Å². The monoisotopic (exact) mass is 319 g/mol. The van der Waals surface area contributed by atoms with Gasteiger partial charge < -0.3 is 10.1 Å². The number of nitrogens with one attached hydrogen (secondary N) is 1. The number of aromatic nitrogens is 2. The van der Waals surface area contributed by atoms with Crippen LogP contribution in [0.3, 0.4) is 0 Å². The summed E-state index contributed by atoms with van der Waals surface area (Å²) in [7, 11) is 0. The molecular weight excluding hydrogens is 299 g/mol. The summed E-state index contributed by atoms with van der Waals surface area (Å²) >= 11 is 0. The highest BCUT2D eigenvalue weighted by molar-refractivity contribution is 5.81. The molecule has 0 spiro atoms. The molecule has 1 aromatic rings. The van der Waals surface area contributed by atoms with Crippen LogP contribution in [0.25, 0.3) is 0 Å². The maximum absolute atomic E-state index is 13.0. The number of nitrogens with zero attached hydrogens (tertiary/aromatic N) is 2. The lowest BCUT2D eigenvalue weighted by Crippen LogP contribution is -2.37. The Kier molecular flexibility index (Phi) is 4.51. The second-order valence-electron chi connectivity index (χ2n) is 6.30. The second-order valence-corrected chi connectivity index (χ2v) is 6.30. The third kappa shape index (κ3) is 3.60. The summed E-state index contributed by atoms with van der Waals surface area (Å²) in [6.07, 6.45) is -4.10. The van der Waals surface area contributed by atoms with Crippen molar-refractivity contribution >= 4 is 5.91 Å². The smallest absolute Gasteiger partial charge is 0.376 e. The van der Waals surface area contributed by atoms with Crippen molar-refractivity contribution in [2.24, 2.45) is 5.41 Å². The first kappa shape index (κ1) is 16.8. The van der Waals surface area contributed by atoms with Crippen molar-refractivity contribution in [3.05, 3.63) is 17.0 Å². The van der Waals surface area contributed by atoms with E-state index in [0.717, 1.165) is 0 Å². The van der Waals surface area contributed by atoms with Gasteiger partial charge in [-0.25, -0.2) is 0 Å². The molecule has 0 radical (unpaired) electrons. The predicted molar refractivity (Wildman–Crippen MR) is 73.1 cm³/mol. The third-order valence-electron chi connectivity index (χ3n) is 3.45. The Morgan fingerprint density at radius 1 is 1.36 bits per heavy atom. The van der Waals surface area contributed by atoms with Crippen molar-refractivity contribution < 1.29 is 22.7 Å². The van der Waals surface area contributed by atoms with Gasteiger partial charge in [-0.1, -0.05) is 20.8 Å². The van der Waals surface area contributed by atoms with Crippen molar-refractivity contribution in [3.8, 4) is 0 Å². The van der Waals surface area contributed by atoms with Crippen LogP contribution in [-0.2, 0) is 35.3 Å². The lowest BCUT2D eigenvalue weighted by atomic mass is 9.96. The minimum atomic E-state index is -4.50. The minimum Gasteiger partial charge on any atom is -0.376 e. The van der Waals surface area contributed by atoms with Gasteiger partial charge in [0, 0.05) is 29.6 Å². The van der Waals surface area contributed by atoms with E-state index in [-0.39, 0.29) is 31.2 Å². The van der Waals surface area contributed by atoms with Crippen LogP contribution in [0.1, 0.15) is 37.7 Å². The van der Waals surface area contributed by atoms with Crippen molar-refractivity contribution in [2.75, 3.05) is 13.2 Å². The molecule has 124 valence electrons. The molecule has 0 fully saturated rings. The highest BCUT2D eigenvalue weighted by Crippen LogP contribution is 2.34. The van der Waals surface area contributed by atoms with E-state index in [1.54, 1.807) is 20.8 Å². The molecule has 1 N–H and O–H groups in total. The van der Waals surface area contributed by atoms with Crippen LogP contribution in [0, 0.1) is 5.41 Å². The molecule has 0 saturated heterocycles. The van der Waals surface area contributed by atoms with Crippen LogP contribution in [0.2, 0.25) is 0 Å². The van der Waals surface area contributed by atoms with Crippen LogP contribution in [0.4, 0.5) is 13.2 Å². The number of ether oxygens (including phenoxy) is 1. The Morgan fingerprint density at radius 2 is 2.05 bits per heavy atom. The number of halogens is 3. The third-order valence-corrected chi connectivity index (χ3v) is 3.45. The van der Waals surface area contributed by atoms with E-state index >= 15 is 0 Å². The standard InChI is InChI=1S/C14H20F3N3O2/c1-13(2,3)12(21)18-5-6-20-10-4-7-22-8-9(10)11(19-20)14(15,16)17/h4-8H2,1-3H3,(H,18,21). The first-order valence-electron chi connectivity index (χ1n) is 7.12. The summed E-state index contributed by atoms with van der Waals surface area (Å²) in [5, 5.41) is 6.40. The number of amides is 1. The van der Waals surface area contributed by atoms with E-state index in [2.05, 4.69) is 10.4 Å². The number of carbonyl (C=O) groups excluding carboxylic acids is 1. The van der Waals surface area contributed by atoms with Crippen LogP contribution in [0.15, 0.2) is 0 Å². The van der Waals surface area contributed by atoms with Crippen LogP contribution >= 0.6 is 0 Å². The number of alkyl halides is 3. The molecule has 0 atom stereocenters. The Hall–Kier alpha value is -1.57. The van der Waals surface area contributed by atoms with Crippen molar-refractivity contribution in [3.63, 3.8) is 0 Å². The molecule has 0 saturated carbocycles. The van der Waals surface area contributed by atoms with Gasteiger partial charge in [-0.2, -0.15) is 18.3 Å². The molecule has 0 bridgehead atoms. The molecule has 1 aromatic heterocycles. The first-order chi connectivity index (χ1) is 10.1. The van der Waals surface area contributed by atoms with E-state index in [4.69, 9.17) is 4.74 Å². The molecule has 2 rings (SSSR count). The Morgan fingerprint density at radius 3 is 2.64 bits per heavy atom. The van der Waals surface area contributed by atoms with Gasteiger partial charge in [-0.15, -0.1) is 0 Å². The van der Waals surface area contributed by atoms with Gasteiger partial charge in [-0.3, -0.25) is 9.48 Å². The van der Waals surface area contributed by atoms with Gasteiger partial charge in [0.1, 0.15) is 0 Å². The average molecular weight is 319 g/mol. The fourth-order valence-corrected chi connectivity index (χ4v) is 2.26. The van der Waals surface area contributed by atoms with E-state index < -0.39 is 17.3 Å². The summed E-state index contributed by atoms with van der Waals surface area (Å²) < 4.78 is 45.4. The van der Waals surface area contributed by atoms with Gasteiger partial charge >= 0.3 is 6.18 Å². The van der Waals surface area contributed by atoms with Gasteiger partial charge in [0.15, 0.2) is 5.69 Å². The molecule has 8 heteroatoms. The number of hydrogen-bond donors (Lipinski definition) is 1. The predicted octanol–water partition coefficient (Wildman–Crippen LogP) is 2.14. The minimum absolute atomic E-state index is 0.0709. The van der Waals surface area contributed by atoms with Gasteiger partial charge in [-0.05, 0) is 0 Å². The average Bonchev–Trinajstić information content (AvgIpc) is 2.77. The highest BCUT2D eigenvalue weighted by Gasteiger charge is 2.39. The summed E-state index contributed by atoms with van der Waals surface area (Å²) in [4.78, 5) is 11.8.